The number of sulfonamides is 1. The van der Waals surface area contributed by atoms with Gasteiger partial charge in [0.25, 0.3) is 5.91 Å². The van der Waals surface area contributed by atoms with Gasteiger partial charge in [0.05, 0.1) is 30.9 Å². The first-order chi connectivity index (χ1) is 14.9. The van der Waals surface area contributed by atoms with Crippen molar-refractivity contribution < 1.29 is 17.9 Å². The highest BCUT2D eigenvalue weighted by atomic mass is 35.5. The number of morpholine rings is 1. The molecule has 162 valence electrons. The van der Waals surface area contributed by atoms with Gasteiger partial charge in [0.2, 0.25) is 10.0 Å². The van der Waals surface area contributed by atoms with Gasteiger partial charge in [-0.15, -0.1) is 0 Å². The Hall–Kier alpha value is -2.72. The number of halogens is 1. The summed E-state index contributed by atoms with van der Waals surface area (Å²) in [5.41, 5.74) is 1.10. The third kappa shape index (κ3) is 4.80. The smallest absolute Gasteiger partial charge is 0.256 e. The molecule has 4 rings (SSSR count). The van der Waals surface area contributed by atoms with E-state index in [1.54, 1.807) is 35.1 Å². The molecule has 0 spiro atoms. The molecule has 0 saturated carbocycles. The van der Waals surface area contributed by atoms with Crippen LogP contribution in [0.4, 0.5) is 5.82 Å². The number of carbonyl (C=O) groups is 1. The molecule has 0 bridgehead atoms. The maximum absolute atomic E-state index is 12.9. The van der Waals surface area contributed by atoms with Crippen LogP contribution in [0.1, 0.15) is 15.9 Å². The lowest BCUT2D eigenvalue weighted by Gasteiger charge is -2.26. The van der Waals surface area contributed by atoms with Crippen LogP contribution in [0.3, 0.4) is 0 Å². The van der Waals surface area contributed by atoms with E-state index in [-0.39, 0.29) is 10.5 Å². The normalized spacial score (nSPS) is 15.0. The van der Waals surface area contributed by atoms with Crippen LogP contribution in [-0.4, -0.2) is 54.7 Å². The summed E-state index contributed by atoms with van der Waals surface area (Å²) in [6, 6.07) is 15.1. The number of benzene rings is 2. The van der Waals surface area contributed by atoms with E-state index in [0.717, 1.165) is 5.56 Å². The molecule has 1 fully saturated rings. The van der Waals surface area contributed by atoms with E-state index >= 15 is 0 Å². The number of amides is 1. The third-order valence-electron chi connectivity index (χ3n) is 4.94. The van der Waals surface area contributed by atoms with Crippen molar-refractivity contribution in [3.8, 4) is 0 Å². The highest BCUT2D eigenvalue weighted by Crippen LogP contribution is 2.21. The highest BCUT2D eigenvalue weighted by Gasteiger charge is 2.27. The maximum atomic E-state index is 12.9. The van der Waals surface area contributed by atoms with Crippen molar-refractivity contribution in [1.82, 2.24) is 14.1 Å². The predicted molar refractivity (Wildman–Crippen MR) is 117 cm³/mol. The molecule has 0 unspecified atom stereocenters. The molecule has 2 heterocycles. The Balaban J connectivity index is 1.52. The van der Waals surface area contributed by atoms with Crippen LogP contribution in [0.2, 0.25) is 5.02 Å². The van der Waals surface area contributed by atoms with Crippen LogP contribution < -0.4 is 5.32 Å². The number of hydrogen-bond donors (Lipinski definition) is 1. The number of rotatable bonds is 6. The van der Waals surface area contributed by atoms with Crippen molar-refractivity contribution in [3.05, 3.63) is 76.9 Å². The van der Waals surface area contributed by atoms with Crippen molar-refractivity contribution in [2.45, 2.75) is 11.4 Å². The maximum Gasteiger partial charge on any atom is 0.256 e. The standard InChI is InChI=1S/C21H21ClN4O4S/c22-19-7-2-1-4-17(19)15-26-20(8-9-23-26)24-21(27)16-5-3-6-18(14-16)31(28,29)25-10-12-30-13-11-25/h1-9,14H,10-13,15H2,(H,24,27). The SMILES string of the molecule is O=C(Nc1ccnn1Cc1ccccc1Cl)c1cccc(S(=O)(=O)N2CCOCC2)c1. The average molecular weight is 461 g/mol. The fourth-order valence-electron chi connectivity index (χ4n) is 3.28. The van der Waals surface area contributed by atoms with Gasteiger partial charge in [-0.25, -0.2) is 13.1 Å². The molecule has 2 aromatic carbocycles. The van der Waals surface area contributed by atoms with Gasteiger partial charge in [-0.2, -0.15) is 9.40 Å². The number of anilines is 1. The van der Waals surface area contributed by atoms with Crippen LogP contribution in [0.25, 0.3) is 0 Å². The predicted octanol–water partition coefficient (Wildman–Crippen LogP) is 2.86. The van der Waals surface area contributed by atoms with Gasteiger partial charge in [0.1, 0.15) is 5.82 Å². The summed E-state index contributed by atoms with van der Waals surface area (Å²) in [7, 11) is -3.69. The lowest BCUT2D eigenvalue weighted by molar-refractivity contribution is 0.0730. The summed E-state index contributed by atoms with van der Waals surface area (Å²) in [6.07, 6.45) is 1.58. The van der Waals surface area contributed by atoms with E-state index in [0.29, 0.717) is 43.7 Å². The van der Waals surface area contributed by atoms with Gasteiger partial charge in [0, 0.05) is 29.7 Å². The molecular formula is C21H21ClN4O4S. The quantitative estimate of drug-likeness (QED) is 0.610. The van der Waals surface area contributed by atoms with Crippen molar-refractivity contribution in [2.75, 3.05) is 31.6 Å². The largest absolute Gasteiger partial charge is 0.379 e. The minimum Gasteiger partial charge on any atom is -0.379 e. The molecule has 3 aromatic rings. The second-order valence-corrected chi connectivity index (χ2v) is 9.31. The Kier molecular flexibility index (Phi) is 6.38. The summed E-state index contributed by atoms with van der Waals surface area (Å²) in [5.74, 6) is 0.0475. The number of nitrogens with zero attached hydrogens (tertiary/aromatic N) is 3. The minimum atomic E-state index is -3.69. The van der Waals surface area contributed by atoms with Crippen LogP contribution in [-0.2, 0) is 21.3 Å². The molecule has 1 aromatic heterocycles. The lowest BCUT2D eigenvalue weighted by atomic mass is 10.2. The minimum absolute atomic E-state index is 0.0756. The zero-order chi connectivity index (χ0) is 21.8. The first-order valence-electron chi connectivity index (χ1n) is 9.70. The third-order valence-corrected chi connectivity index (χ3v) is 7.20. The van der Waals surface area contributed by atoms with Crippen LogP contribution in [0.5, 0.6) is 0 Å². The zero-order valence-electron chi connectivity index (χ0n) is 16.6. The fraction of sp³-hybridized carbons (Fsp3) is 0.238. The Morgan fingerprint density at radius 1 is 1.10 bits per heavy atom. The lowest BCUT2D eigenvalue weighted by Crippen LogP contribution is -2.40. The second kappa shape index (κ2) is 9.19. The summed E-state index contributed by atoms with van der Waals surface area (Å²) in [6.45, 7) is 1.68. The number of aromatic nitrogens is 2. The molecule has 0 aliphatic carbocycles. The van der Waals surface area contributed by atoms with Crippen molar-refractivity contribution in [3.63, 3.8) is 0 Å². The Morgan fingerprint density at radius 3 is 2.65 bits per heavy atom. The molecule has 8 nitrogen and oxygen atoms in total. The molecular weight excluding hydrogens is 440 g/mol. The molecule has 1 aliphatic heterocycles. The average Bonchev–Trinajstić information content (AvgIpc) is 3.22. The van der Waals surface area contributed by atoms with Gasteiger partial charge < -0.3 is 10.1 Å². The van der Waals surface area contributed by atoms with E-state index < -0.39 is 15.9 Å². The van der Waals surface area contributed by atoms with Gasteiger partial charge in [-0.05, 0) is 29.8 Å². The first-order valence-corrected chi connectivity index (χ1v) is 11.5. The number of nitrogens with one attached hydrogen (secondary N) is 1. The Morgan fingerprint density at radius 2 is 1.87 bits per heavy atom. The van der Waals surface area contributed by atoms with Gasteiger partial charge in [-0.1, -0.05) is 35.9 Å². The Bertz CT molecular complexity index is 1190. The van der Waals surface area contributed by atoms with E-state index in [2.05, 4.69) is 10.4 Å². The van der Waals surface area contributed by atoms with Crippen LogP contribution in [0.15, 0.2) is 65.7 Å². The second-order valence-electron chi connectivity index (χ2n) is 6.96. The van der Waals surface area contributed by atoms with Crippen LogP contribution in [0, 0.1) is 0 Å². The molecule has 0 radical (unpaired) electrons. The molecule has 1 N–H and O–H groups in total. The zero-order valence-corrected chi connectivity index (χ0v) is 18.1. The molecule has 1 saturated heterocycles. The molecule has 31 heavy (non-hydrogen) atoms. The monoisotopic (exact) mass is 460 g/mol. The number of hydrogen-bond acceptors (Lipinski definition) is 5. The van der Waals surface area contributed by atoms with E-state index in [9.17, 15) is 13.2 Å². The van der Waals surface area contributed by atoms with Crippen LogP contribution >= 0.6 is 11.6 Å². The fourth-order valence-corrected chi connectivity index (χ4v) is 4.92. The van der Waals surface area contributed by atoms with E-state index in [1.807, 2.05) is 18.2 Å². The number of ether oxygens (including phenoxy) is 1. The van der Waals surface area contributed by atoms with Gasteiger partial charge in [-0.3, -0.25) is 4.79 Å². The van der Waals surface area contributed by atoms with E-state index in [1.165, 1.54) is 16.4 Å². The molecule has 10 heteroatoms. The highest BCUT2D eigenvalue weighted by molar-refractivity contribution is 7.89. The molecule has 1 aliphatic rings. The molecule has 1 amide bonds. The summed E-state index contributed by atoms with van der Waals surface area (Å²) in [4.78, 5) is 12.9. The van der Waals surface area contributed by atoms with Crippen molar-refractivity contribution in [2.24, 2.45) is 0 Å². The summed E-state index contributed by atoms with van der Waals surface area (Å²) in [5, 5.41) is 7.65. The molecule has 0 atom stereocenters. The summed E-state index contributed by atoms with van der Waals surface area (Å²) < 4.78 is 34.0. The van der Waals surface area contributed by atoms with E-state index in [4.69, 9.17) is 16.3 Å². The Labute approximate surface area is 185 Å². The van der Waals surface area contributed by atoms with Gasteiger partial charge >= 0.3 is 0 Å². The number of carbonyl (C=O) groups excluding carboxylic acids is 1. The van der Waals surface area contributed by atoms with Gasteiger partial charge in [0.15, 0.2) is 0 Å². The van der Waals surface area contributed by atoms with Crippen molar-refractivity contribution in [1.29, 1.82) is 0 Å². The van der Waals surface area contributed by atoms with Crippen molar-refractivity contribution >= 4 is 33.3 Å². The first kappa shape index (κ1) is 21.5. The summed E-state index contributed by atoms with van der Waals surface area (Å²) >= 11 is 6.22. The topological polar surface area (TPSA) is 93.5 Å².